The number of nitrogen functional groups attached to an aromatic ring is 1. The Morgan fingerprint density at radius 1 is 1.19 bits per heavy atom. The van der Waals surface area contributed by atoms with Crippen LogP contribution in [0.4, 0.5) is 5.82 Å². The molecule has 0 bridgehead atoms. The van der Waals surface area contributed by atoms with Crippen LogP contribution in [-0.2, 0) is 16.3 Å². The van der Waals surface area contributed by atoms with E-state index in [1.165, 1.54) is 38.6 Å². The van der Waals surface area contributed by atoms with Gasteiger partial charge in [0.2, 0.25) is 0 Å². The van der Waals surface area contributed by atoms with E-state index in [4.69, 9.17) is 5.73 Å². The van der Waals surface area contributed by atoms with Crippen LogP contribution in [0.5, 0.6) is 0 Å². The highest BCUT2D eigenvalue weighted by Crippen LogP contribution is 2.43. The minimum atomic E-state index is -3.00. The van der Waals surface area contributed by atoms with Gasteiger partial charge in [-0.3, -0.25) is 0 Å². The minimum Gasteiger partial charge on any atom is -0.383 e. The number of benzene rings is 1. The van der Waals surface area contributed by atoms with Gasteiger partial charge in [0.25, 0.3) is 0 Å². The van der Waals surface area contributed by atoms with Crippen LogP contribution >= 0.6 is 0 Å². The lowest BCUT2D eigenvalue weighted by Gasteiger charge is -2.42. The van der Waals surface area contributed by atoms with E-state index in [0.29, 0.717) is 18.3 Å². The van der Waals surface area contributed by atoms with Crippen LogP contribution in [0.1, 0.15) is 30.9 Å². The molecule has 164 valence electrons. The predicted molar refractivity (Wildman–Crippen MR) is 124 cm³/mol. The maximum absolute atomic E-state index is 11.6. The van der Waals surface area contributed by atoms with Crippen molar-refractivity contribution in [1.29, 1.82) is 0 Å². The van der Waals surface area contributed by atoms with Gasteiger partial charge in [0.1, 0.15) is 27.6 Å². The molecule has 2 aromatic heterocycles. The Hall–Kier alpha value is -2.45. The molecule has 0 spiro atoms. The van der Waals surface area contributed by atoms with Crippen LogP contribution < -0.4 is 5.73 Å². The number of anilines is 1. The van der Waals surface area contributed by atoms with E-state index < -0.39 is 9.84 Å². The summed E-state index contributed by atoms with van der Waals surface area (Å²) in [5.41, 5.74) is 10.2. The van der Waals surface area contributed by atoms with Crippen molar-refractivity contribution in [1.82, 2.24) is 19.4 Å². The standard InChI is InChI=1S/C23H29N5O2S/c1-31(29,30)9-6-16-4-2-5-18(10-16)20-14-28(23-21(20)22(24)25-15-26-23)19-11-17(12-19)13-27-7-3-8-27/h2,4-5,10,14-15,17,19H,3,6-9,11-13H2,1H3,(H2,24,25,26). The highest BCUT2D eigenvalue weighted by atomic mass is 32.2. The van der Waals surface area contributed by atoms with E-state index in [2.05, 4.69) is 31.7 Å². The number of rotatable bonds is 7. The molecule has 1 saturated heterocycles. The van der Waals surface area contributed by atoms with E-state index >= 15 is 0 Å². The molecule has 0 atom stereocenters. The number of sulfone groups is 1. The molecule has 2 fully saturated rings. The third-order valence-electron chi connectivity index (χ3n) is 6.71. The number of hydrogen-bond acceptors (Lipinski definition) is 6. The molecular weight excluding hydrogens is 410 g/mol. The SMILES string of the molecule is CS(=O)(=O)CCc1cccc(-c2cn(C3CC(CN4CCC4)C3)c3ncnc(N)c23)c1. The summed E-state index contributed by atoms with van der Waals surface area (Å²) < 4.78 is 25.4. The molecule has 3 aromatic rings. The van der Waals surface area contributed by atoms with Gasteiger partial charge >= 0.3 is 0 Å². The van der Waals surface area contributed by atoms with Crippen molar-refractivity contribution in [3.05, 3.63) is 42.4 Å². The molecule has 2 N–H and O–H groups in total. The number of aryl methyl sites for hydroxylation is 1. The molecule has 7 nitrogen and oxygen atoms in total. The number of nitrogens with two attached hydrogens (primary N) is 1. The topological polar surface area (TPSA) is 94.1 Å². The first-order chi connectivity index (χ1) is 14.9. The van der Waals surface area contributed by atoms with Gasteiger partial charge in [-0.25, -0.2) is 18.4 Å². The maximum atomic E-state index is 11.6. The highest BCUT2D eigenvalue weighted by molar-refractivity contribution is 7.90. The number of fused-ring (bicyclic) bond motifs is 1. The summed E-state index contributed by atoms with van der Waals surface area (Å²) in [6.07, 6.45) is 9.14. The lowest BCUT2D eigenvalue weighted by atomic mass is 9.79. The first-order valence-corrected chi connectivity index (χ1v) is 13.0. The molecule has 0 radical (unpaired) electrons. The van der Waals surface area contributed by atoms with E-state index in [9.17, 15) is 8.42 Å². The summed E-state index contributed by atoms with van der Waals surface area (Å²) >= 11 is 0. The summed E-state index contributed by atoms with van der Waals surface area (Å²) in [6, 6.07) is 8.49. The largest absolute Gasteiger partial charge is 0.383 e. The summed E-state index contributed by atoms with van der Waals surface area (Å²) in [6.45, 7) is 3.70. The Balaban J connectivity index is 1.44. The van der Waals surface area contributed by atoms with Crippen LogP contribution in [-0.4, -0.2) is 59.5 Å². The average molecular weight is 440 g/mol. The van der Waals surface area contributed by atoms with Gasteiger partial charge in [-0.15, -0.1) is 0 Å². The quantitative estimate of drug-likeness (QED) is 0.608. The normalized spacial score (nSPS) is 21.7. The molecule has 1 saturated carbocycles. The van der Waals surface area contributed by atoms with Gasteiger partial charge < -0.3 is 15.2 Å². The molecule has 1 aromatic carbocycles. The molecule has 1 aliphatic heterocycles. The summed E-state index contributed by atoms with van der Waals surface area (Å²) in [4.78, 5) is 11.4. The smallest absolute Gasteiger partial charge is 0.147 e. The average Bonchev–Trinajstić information content (AvgIpc) is 3.04. The van der Waals surface area contributed by atoms with Crippen molar-refractivity contribution >= 4 is 26.7 Å². The molecule has 1 aliphatic carbocycles. The molecule has 31 heavy (non-hydrogen) atoms. The Morgan fingerprint density at radius 2 is 2.00 bits per heavy atom. The monoisotopic (exact) mass is 439 g/mol. The Labute approximate surface area is 183 Å². The van der Waals surface area contributed by atoms with E-state index in [0.717, 1.165) is 46.5 Å². The third-order valence-corrected chi connectivity index (χ3v) is 7.65. The Kier molecular flexibility index (Phi) is 5.22. The first-order valence-electron chi connectivity index (χ1n) is 11.0. The molecular formula is C23H29N5O2S. The lowest BCUT2D eigenvalue weighted by Crippen LogP contribution is -2.43. The third kappa shape index (κ3) is 4.19. The highest BCUT2D eigenvalue weighted by Gasteiger charge is 2.34. The fourth-order valence-corrected chi connectivity index (χ4v) is 5.42. The number of nitrogens with zero attached hydrogens (tertiary/aromatic N) is 4. The molecule has 3 heterocycles. The van der Waals surface area contributed by atoms with Crippen molar-refractivity contribution in [2.24, 2.45) is 5.92 Å². The fourth-order valence-electron chi connectivity index (χ4n) is 4.81. The number of aromatic nitrogens is 3. The summed E-state index contributed by atoms with van der Waals surface area (Å²) in [5.74, 6) is 1.38. The molecule has 0 unspecified atom stereocenters. The van der Waals surface area contributed by atoms with Gasteiger partial charge in [0.15, 0.2) is 0 Å². The maximum Gasteiger partial charge on any atom is 0.147 e. The molecule has 0 amide bonds. The van der Waals surface area contributed by atoms with Gasteiger partial charge in [-0.05, 0) is 55.8 Å². The van der Waals surface area contributed by atoms with Crippen LogP contribution in [0.25, 0.3) is 22.2 Å². The Bertz CT molecular complexity index is 1210. The molecule has 2 aliphatic rings. The van der Waals surface area contributed by atoms with Gasteiger partial charge in [0.05, 0.1) is 11.1 Å². The van der Waals surface area contributed by atoms with E-state index in [1.807, 2.05) is 18.2 Å². The van der Waals surface area contributed by atoms with Crippen LogP contribution in [0, 0.1) is 5.92 Å². The van der Waals surface area contributed by atoms with Gasteiger partial charge in [-0.2, -0.15) is 0 Å². The zero-order chi connectivity index (χ0) is 21.6. The zero-order valence-electron chi connectivity index (χ0n) is 17.9. The summed E-state index contributed by atoms with van der Waals surface area (Å²) in [7, 11) is -3.00. The summed E-state index contributed by atoms with van der Waals surface area (Å²) in [5, 5.41) is 0.883. The van der Waals surface area contributed by atoms with E-state index in [-0.39, 0.29) is 5.75 Å². The van der Waals surface area contributed by atoms with Crippen molar-refractivity contribution in [3.8, 4) is 11.1 Å². The molecule has 5 rings (SSSR count). The van der Waals surface area contributed by atoms with Crippen molar-refractivity contribution in [2.45, 2.75) is 31.7 Å². The first kappa shape index (κ1) is 20.5. The van der Waals surface area contributed by atoms with Gasteiger partial charge in [0, 0.05) is 30.6 Å². The zero-order valence-corrected chi connectivity index (χ0v) is 18.7. The van der Waals surface area contributed by atoms with Crippen molar-refractivity contribution in [3.63, 3.8) is 0 Å². The minimum absolute atomic E-state index is 0.143. The van der Waals surface area contributed by atoms with Crippen molar-refractivity contribution < 1.29 is 8.42 Å². The van der Waals surface area contributed by atoms with Crippen LogP contribution in [0.15, 0.2) is 36.8 Å². The molecule has 8 heteroatoms. The second kappa shape index (κ2) is 7.91. The second-order valence-corrected chi connectivity index (χ2v) is 11.4. The lowest BCUT2D eigenvalue weighted by molar-refractivity contribution is 0.0921. The van der Waals surface area contributed by atoms with Gasteiger partial charge in [-0.1, -0.05) is 24.3 Å². The van der Waals surface area contributed by atoms with E-state index in [1.54, 1.807) is 0 Å². The second-order valence-electron chi connectivity index (χ2n) is 9.13. The van der Waals surface area contributed by atoms with Crippen molar-refractivity contribution in [2.75, 3.05) is 37.4 Å². The Morgan fingerprint density at radius 3 is 2.71 bits per heavy atom. The predicted octanol–water partition coefficient (Wildman–Crippen LogP) is 2.92. The number of likely N-dealkylation sites (tertiary alicyclic amines) is 1. The van der Waals surface area contributed by atoms with Crippen LogP contribution in [0.3, 0.4) is 0 Å². The number of hydrogen-bond donors (Lipinski definition) is 1. The van der Waals surface area contributed by atoms with Crippen LogP contribution in [0.2, 0.25) is 0 Å². The fraction of sp³-hybridized carbons (Fsp3) is 0.478.